The van der Waals surface area contributed by atoms with Gasteiger partial charge in [0, 0.05) is 19.9 Å². The van der Waals surface area contributed by atoms with Crippen LogP contribution in [0.4, 0.5) is 0 Å². The lowest BCUT2D eigenvalue weighted by atomic mass is 10.1. The Morgan fingerprint density at radius 3 is 2.76 bits per heavy atom. The van der Waals surface area contributed by atoms with E-state index in [0.29, 0.717) is 13.2 Å². The summed E-state index contributed by atoms with van der Waals surface area (Å²) in [6.45, 7) is 4.99. The van der Waals surface area contributed by atoms with E-state index < -0.39 is 0 Å². The van der Waals surface area contributed by atoms with Crippen molar-refractivity contribution in [2.24, 2.45) is 0 Å². The van der Waals surface area contributed by atoms with Gasteiger partial charge in [-0.25, -0.2) is 0 Å². The molecule has 2 rings (SSSR count). The van der Waals surface area contributed by atoms with Gasteiger partial charge in [0.1, 0.15) is 0 Å². The summed E-state index contributed by atoms with van der Waals surface area (Å²) in [5.41, 5.74) is 1.26. The standard InChI is InChI=1S/C14H19NO2/c1-11-10-17-14(9-15(11)12(2)16)8-13-6-4-3-5-7-13/h3-7,11,14H,8-10H2,1-2H3. The SMILES string of the molecule is CC(=O)N1CC(Cc2ccccc2)OCC1C. The highest BCUT2D eigenvalue weighted by Crippen LogP contribution is 2.15. The van der Waals surface area contributed by atoms with Gasteiger partial charge >= 0.3 is 0 Å². The number of hydrogen-bond donors (Lipinski definition) is 0. The zero-order valence-corrected chi connectivity index (χ0v) is 10.4. The highest BCUT2D eigenvalue weighted by Gasteiger charge is 2.27. The third-order valence-corrected chi connectivity index (χ3v) is 3.22. The Bertz CT molecular complexity index is 377. The minimum Gasteiger partial charge on any atom is -0.374 e. The van der Waals surface area contributed by atoms with Crippen LogP contribution < -0.4 is 0 Å². The zero-order valence-electron chi connectivity index (χ0n) is 10.4. The van der Waals surface area contributed by atoms with Crippen LogP contribution in [0.15, 0.2) is 30.3 Å². The summed E-state index contributed by atoms with van der Waals surface area (Å²) in [5.74, 6) is 0.138. The second-order valence-electron chi connectivity index (χ2n) is 4.67. The Balaban J connectivity index is 1.97. The van der Waals surface area contributed by atoms with Crippen molar-refractivity contribution in [2.45, 2.75) is 32.4 Å². The van der Waals surface area contributed by atoms with Gasteiger partial charge in [0.05, 0.1) is 18.8 Å². The molecule has 1 aliphatic heterocycles. The number of amides is 1. The molecule has 0 spiro atoms. The van der Waals surface area contributed by atoms with Gasteiger partial charge in [-0.15, -0.1) is 0 Å². The van der Waals surface area contributed by atoms with E-state index in [9.17, 15) is 4.79 Å². The lowest BCUT2D eigenvalue weighted by Gasteiger charge is -2.37. The van der Waals surface area contributed by atoms with Crippen LogP contribution in [0.3, 0.4) is 0 Å². The van der Waals surface area contributed by atoms with Gasteiger partial charge in [-0.3, -0.25) is 4.79 Å². The van der Waals surface area contributed by atoms with E-state index in [2.05, 4.69) is 12.1 Å². The van der Waals surface area contributed by atoms with E-state index in [4.69, 9.17) is 4.74 Å². The van der Waals surface area contributed by atoms with Crippen molar-refractivity contribution in [1.29, 1.82) is 0 Å². The molecule has 1 fully saturated rings. The maximum Gasteiger partial charge on any atom is 0.219 e. The molecule has 1 saturated heterocycles. The van der Waals surface area contributed by atoms with Crippen molar-refractivity contribution < 1.29 is 9.53 Å². The van der Waals surface area contributed by atoms with Crippen molar-refractivity contribution in [1.82, 2.24) is 4.90 Å². The van der Waals surface area contributed by atoms with E-state index in [1.54, 1.807) is 6.92 Å². The first kappa shape index (κ1) is 12.1. The molecule has 1 aromatic carbocycles. The lowest BCUT2D eigenvalue weighted by Crippen LogP contribution is -2.50. The number of ether oxygens (including phenoxy) is 1. The molecule has 0 N–H and O–H groups in total. The minimum atomic E-state index is 0.123. The molecular weight excluding hydrogens is 214 g/mol. The molecule has 0 bridgehead atoms. The molecule has 1 heterocycles. The largest absolute Gasteiger partial charge is 0.374 e. The molecule has 3 nitrogen and oxygen atoms in total. The zero-order chi connectivity index (χ0) is 12.3. The van der Waals surface area contributed by atoms with E-state index in [0.717, 1.165) is 6.42 Å². The summed E-state index contributed by atoms with van der Waals surface area (Å²) in [6.07, 6.45) is 0.995. The number of morpholine rings is 1. The monoisotopic (exact) mass is 233 g/mol. The lowest BCUT2D eigenvalue weighted by molar-refractivity contribution is -0.141. The summed E-state index contributed by atoms with van der Waals surface area (Å²) >= 11 is 0. The average Bonchev–Trinajstić information content (AvgIpc) is 2.32. The predicted octanol–water partition coefficient (Wildman–Crippen LogP) is 1.86. The fourth-order valence-electron chi connectivity index (χ4n) is 2.26. The Kier molecular flexibility index (Phi) is 3.79. The molecular formula is C14H19NO2. The van der Waals surface area contributed by atoms with E-state index in [1.807, 2.05) is 30.0 Å². The van der Waals surface area contributed by atoms with Gasteiger partial charge in [0.25, 0.3) is 0 Å². The fraction of sp³-hybridized carbons (Fsp3) is 0.500. The van der Waals surface area contributed by atoms with Crippen LogP contribution in [0, 0.1) is 0 Å². The Hall–Kier alpha value is -1.35. The van der Waals surface area contributed by atoms with Crippen LogP contribution in [0.1, 0.15) is 19.4 Å². The van der Waals surface area contributed by atoms with E-state index in [-0.39, 0.29) is 18.1 Å². The molecule has 3 heteroatoms. The summed E-state index contributed by atoms with van der Waals surface area (Å²) in [5, 5.41) is 0. The molecule has 17 heavy (non-hydrogen) atoms. The third-order valence-electron chi connectivity index (χ3n) is 3.22. The molecule has 1 aromatic rings. The number of hydrogen-bond acceptors (Lipinski definition) is 2. The van der Waals surface area contributed by atoms with Crippen LogP contribution in [0.2, 0.25) is 0 Å². The van der Waals surface area contributed by atoms with Gasteiger partial charge in [0.15, 0.2) is 0 Å². The first-order valence-corrected chi connectivity index (χ1v) is 6.09. The molecule has 0 radical (unpaired) electrons. The van der Waals surface area contributed by atoms with Crippen molar-refractivity contribution in [3.63, 3.8) is 0 Å². The van der Waals surface area contributed by atoms with Gasteiger partial charge in [0.2, 0.25) is 5.91 Å². The number of carbonyl (C=O) groups is 1. The Morgan fingerprint density at radius 2 is 2.12 bits per heavy atom. The van der Waals surface area contributed by atoms with Crippen LogP contribution in [-0.4, -0.2) is 36.1 Å². The second-order valence-corrected chi connectivity index (χ2v) is 4.67. The average molecular weight is 233 g/mol. The molecule has 1 amide bonds. The van der Waals surface area contributed by atoms with Crippen molar-refractivity contribution in [3.05, 3.63) is 35.9 Å². The minimum absolute atomic E-state index is 0.123. The number of rotatable bonds is 2. The van der Waals surface area contributed by atoms with Gasteiger partial charge in [-0.05, 0) is 12.5 Å². The molecule has 0 aliphatic carbocycles. The molecule has 92 valence electrons. The van der Waals surface area contributed by atoms with Crippen LogP contribution >= 0.6 is 0 Å². The highest BCUT2D eigenvalue weighted by molar-refractivity contribution is 5.73. The highest BCUT2D eigenvalue weighted by atomic mass is 16.5. The van der Waals surface area contributed by atoms with Gasteiger partial charge in [-0.1, -0.05) is 30.3 Å². The summed E-state index contributed by atoms with van der Waals surface area (Å²) < 4.78 is 5.78. The maximum absolute atomic E-state index is 11.5. The molecule has 1 aliphatic rings. The van der Waals surface area contributed by atoms with Gasteiger partial charge in [-0.2, -0.15) is 0 Å². The van der Waals surface area contributed by atoms with E-state index in [1.165, 1.54) is 5.56 Å². The fourth-order valence-corrected chi connectivity index (χ4v) is 2.26. The summed E-state index contributed by atoms with van der Waals surface area (Å²) in [7, 11) is 0. The van der Waals surface area contributed by atoms with Crippen LogP contribution in [-0.2, 0) is 16.0 Å². The van der Waals surface area contributed by atoms with Crippen molar-refractivity contribution in [3.8, 4) is 0 Å². The third kappa shape index (κ3) is 3.07. The summed E-state index contributed by atoms with van der Waals surface area (Å²) in [6, 6.07) is 10.5. The number of carbonyl (C=O) groups excluding carboxylic acids is 1. The van der Waals surface area contributed by atoms with Crippen LogP contribution in [0.25, 0.3) is 0 Å². The quantitative estimate of drug-likeness (QED) is 0.780. The van der Waals surface area contributed by atoms with Crippen molar-refractivity contribution >= 4 is 5.91 Å². The van der Waals surface area contributed by atoms with Crippen LogP contribution in [0.5, 0.6) is 0 Å². The summed E-state index contributed by atoms with van der Waals surface area (Å²) in [4.78, 5) is 13.4. The predicted molar refractivity (Wildman–Crippen MR) is 66.7 cm³/mol. The molecule has 2 unspecified atom stereocenters. The smallest absolute Gasteiger partial charge is 0.219 e. The topological polar surface area (TPSA) is 29.5 Å². The Labute approximate surface area is 102 Å². The first-order valence-electron chi connectivity index (χ1n) is 6.09. The number of nitrogens with zero attached hydrogens (tertiary/aromatic N) is 1. The van der Waals surface area contributed by atoms with Crippen molar-refractivity contribution in [2.75, 3.05) is 13.2 Å². The second kappa shape index (κ2) is 5.32. The maximum atomic E-state index is 11.5. The molecule has 0 saturated carbocycles. The molecule has 0 aromatic heterocycles. The normalized spacial score (nSPS) is 24.7. The van der Waals surface area contributed by atoms with Gasteiger partial charge < -0.3 is 9.64 Å². The first-order chi connectivity index (χ1) is 8.16. The van der Waals surface area contributed by atoms with E-state index >= 15 is 0 Å². The number of benzene rings is 1. The Morgan fingerprint density at radius 1 is 1.41 bits per heavy atom. The molecule has 2 atom stereocenters.